The monoisotopic (exact) mass is 185 g/mol. The fourth-order valence-corrected chi connectivity index (χ4v) is 2.46. The summed E-state index contributed by atoms with van der Waals surface area (Å²) in [6, 6.07) is 0.244. The molecule has 2 rings (SSSR count). The van der Waals surface area contributed by atoms with E-state index >= 15 is 0 Å². The first-order valence-electron chi connectivity index (χ1n) is 5.10. The van der Waals surface area contributed by atoms with Gasteiger partial charge in [-0.3, -0.25) is 0 Å². The fraction of sp³-hybridized carbons (Fsp3) is 1.00. The highest BCUT2D eigenvalue weighted by Crippen LogP contribution is 2.34. The van der Waals surface area contributed by atoms with Gasteiger partial charge in [0.05, 0.1) is 18.3 Å². The summed E-state index contributed by atoms with van der Waals surface area (Å²) < 4.78 is 11.4. The van der Waals surface area contributed by atoms with Crippen molar-refractivity contribution in [2.24, 2.45) is 11.7 Å². The second-order valence-corrected chi connectivity index (χ2v) is 4.81. The van der Waals surface area contributed by atoms with Crippen molar-refractivity contribution in [3.63, 3.8) is 0 Å². The molecule has 0 radical (unpaired) electrons. The van der Waals surface area contributed by atoms with Crippen molar-refractivity contribution < 1.29 is 9.47 Å². The SMILES string of the molecule is CC1(C)CC(N)C2COCCC2O1. The van der Waals surface area contributed by atoms with Crippen LogP contribution in [-0.2, 0) is 9.47 Å². The molecule has 13 heavy (non-hydrogen) atoms. The van der Waals surface area contributed by atoms with Crippen LogP contribution in [0.3, 0.4) is 0 Å². The Morgan fingerprint density at radius 1 is 1.38 bits per heavy atom. The minimum Gasteiger partial charge on any atom is -0.381 e. The lowest BCUT2D eigenvalue weighted by atomic mass is 9.81. The molecule has 2 N–H and O–H groups in total. The quantitative estimate of drug-likeness (QED) is 0.610. The zero-order chi connectivity index (χ0) is 9.47. The molecule has 0 amide bonds. The molecule has 0 aromatic carbocycles. The topological polar surface area (TPSA) is 44.5 Å². The molecule has 2 heterocycles. The highest BCUT2D eigenvalue weighted by atomic mass is 16.5. The smallest absolute Gasteiger partial charge is 0.0669 e. The van der Waals surface area contributed by atoms with Crippen LogP contribution in [-0.4, -0.2) is 31.0 Å². The molecule has 0 spiro atoms. The predicted molar refractivity (Wildman–Crippen MR) is 50.5 cm³/mol. The van der Waals surface area contributed by atoms with E-state index in [1.165, 1.54) is 0 Å². The summed E-state index contributed by atoms with van der Waals surface area (Å²) in [5, 5.41) is 0. The Kier molecular flexibility index (Phi) is 2.34. The van der Waals surface area contributed by atoms with Crippen LogP contribution in [0.4, 0.5) is 0 Å². The van der Waals surface area contributed by atoms with Crippen molar-refractivity contribution in [3.8, 4) is 0 Å². The van der Waals surface area contributed by atoms with E-state index in [1.54, 1.807) is 0 Å². The molecule has 2 fully saturated rings. The molecule has 2 aliphatic heterocycles. The summed E-state index contributed by atoms with van der Waals surface area (Å²) in [6.45, 7) is 5.85. The van der Waals surface area contributed by atoms with E-state index in [0.29, 0.717) is 12.0 Å². The Bertz CT molecular complexity index is 193. The van der Waals surface area contributed by atoms with E-state index in [4.69, 9.17) is 15.2 Å². The summed E-state index contributed by atoms with van der Waals surface area (Å²) in [5.41, 5.74) is 6.06. The Balaban J connectivity index is 2.07. The van der Waals surface area contributed by atoms with E-state index in [-0.39, 0.29) is 11.6 Å². The number of rotatable bonds is 0. The zero-order valence-corrected chi connectivity index (χ0v) is 8.45. The molecule has 0 aliphatic carbocycles. The highest BCUT2D eigenvalue weighted by molar-refractivity contribution is 4.93. The van der Waals surface area contributed by atoms with Gasteiger partial charge in [0, 0.05) is 18.6 Å². The third-order valence-electron chi connectivity index (χ3n) is 3.08. The van der Waals surface area contributed by atoms with Gasteiger partial charge in [-0.2, -0.15) is 0 Å². The minimum absolute atomic E-state index is 0.0437. The van der Waals surface area contributed by atoms with Gasteiger partial charge in [-0.05, 0) is 26.7 Å². The van der Waals surface area contributed by atoms with Crippen LogP contribution in [0, 0.1) is 5.92 Å². The number of ether oxygens (including phenoxy) is 2. The third kappa shape index (κ3) is 1.87. The summed E-state index contributed by atoms with van der Waals surface area (Å²) in [4.78, 5) is 0. The average molecular weight is 185 g/mol. The van der Waals surface area contributed by atoms with Gasteiger partial charge in [0.25, 0.3) is 0 Å². The number of nitrogens with two attached hydrogens (primary N) is 1. The van der Waals surface area contributed by atoms with Gasteiger partial charge in [-0.25, -0.2) is 0 Å². The maximum Gasteiger partial charge on any atom is 0.0669 e. The van der Waals surface area contributed by atoms with Crippen molar-refractivity contribution >= 4 is 0 Å². The van der Waals surface area contributed by atoms with E-state index in [1.807, 2.05) is 0 Å². The van der Waals surface area contributed by atoms with E-state index in [2.05, 4.69) is 13.8 Å². The van der Waals surface area contributed by atoms with Gasteiger partial charge < -0.3 is 15.2 Å². The minimum atomic E-state index is -0.0437. The Morgan fingerprint density at radius 3 is 2.92 bits per heavy atom. The second-order valence-electron chi connectivity index (χ2n) is 4.81. The van der Waals surface area contributed by atoms with Crippen molar-refractivity contribution in [1.29, 1.82) is 0 Å². The molecule has 3 heteroatoms. The molecule has 3 unspecified atom stereocenters. The molecule has 76 valence electrons. The molecule has 0 aromatic rings. The third-order valence-corrected chi connectivity index (χ3v) is 3.08. The van der Waals surface area contributed by atoms with Gasteiger partial charge >= 0.3 is 0 Å². The van der Waals surface area contributed by atoms with Crippen LogP contribution in [0.2, 0.25) is 0 Å². The maximum atomic E-state index is 6.10. The number of hydrogen-bond acceptors (Lipinski definition) is 3. The van der Waals surface area contributed by atoms with Gasteiger partial charge in [0.15, 0.2) is 0 Å². The van der Waals surface area contributed by atoms with Gasteiger partial charge in [-0.15, -0.1) is 0 Å². The Morgan fingerprint density at radius 2 is 2.15 bits per heavy atom. The standard InChI is InChI=1S/C10H19NO2/c1-10(2)5-8(11)7-6-12-4-3-9(7)13-10/h7-9H,3-6,11H2,1-2H3. The number of fused-ring (bicyclic) bond motifs is 1. The molecule has 0 saturated carbocycles. The van der Waals surface area contributed by atoms with Crippen molar-refractivity contribution in [2.75, 3.05) is 13.2 Å². The van der Waals surface area contributed by atoms with Crippen molar-refractivity contribution in [1.82, 2.24) is 0 Å². The van der Waals surface area contributed by atoms with Crippen LogP contribution in [0.15, 0.2) is 0 Å². The van der Waals surface area contributed by atoms with E-state index in [0.717, 1.165) is 26.1 Å². The van der Waals surface area contributed by atoms with Gasteiger partial charge in [0.1, 0.15) is 0 Å². The van der Waals surface area contributed by atoms with E-state index < -0.39 is 0 Å². The first-order valence-corrected chi connectivity index (χ1v) is 5.10. The first kappa shape index (κ1) is 9.44. The van der Waals surface area contributed by atoms with Crippen LogP contribution in [0.25, 0.3) is 0 Å². The lowest BCUT2D eigenvalue weighted by molar-refractivity contribution is -0.179. The van der Waals surface area contributed by atoms with Crippen molar-refractivity contribution in [2.45, 2.75) is 44.4 Å². The molecule has 3 atom stereocenters. The molecular weight excluding hydrogens is 166 g/mol. The molecule has 0 aromatic heterocycles. The summed E-state index contributed by atoms with van der Waals surface area (Å²) in [7, 11) is 0. The van der Waals surface area contributed by atoms with E-state index in [9.17, 15) is 0 Å². The molecule has 3 nitrogen and oxygen atoms in total. The largest absolute Gasteiger partial charge is 0.381 e. The van der Waals surface area contributed by atoms with Crippen LogP contribution in [0.5, 0.6) is 0 Å². The summed E-state index contributed by atoms with van der Waals surface area (Å²) in [6.07, 6.45) is 2.27. The number of hydrogen-bond donors (Lipinski definition) is 1. The molecule has 2 aliphatic rings. The lowest BCUT2D eigenvalue weighted by Crippen LogP contribution is -2.55. The highest BCUT2D eigenvalue weighted by Gasteiger charge is 2.41. The van der Waals surface area contributed by atoms with Crippen LogP contribution >= 0.6 is 0 Å². The Hall–Kier alpha value is -0.120. The predicted octanol–water partition coefficient (Wildman–Crippen LogP) is 0.918. The average Bonchev–Trinajstić information content (AvgIpc) is 2.02. The second kappa shape index (κ2) is 3.23. The van der Waals surface area contributed by atoms with Gasteiger partial charge in [0.2, 0.25) is 0 Å². The molecular formula is C10H19NO2. The zero-order valence-electron chi connectivity index (χ0n) is 8.45. The van der Waals surface area contributed by atoms with Crippen LogP contribution in [0.1, 0.15) is 26.7 Å². The first-order chi connectivity index (χ1) is 6.08. The Labute approximate surface area is 79.6 Å². The lowest BCUT2D eigenvalue weighted by Gasteiger charge is -2.46. The molecule has 2 saturated heterocycles. The fourth-order valence-electron chi connectivity index (χ4n) is 2.46. The normalized spacial score (nSPS) is 44.1. The van der Waals surface area contributed by atoms with Crippen molar-refractivity contribution in [3.05, 3.63) is 0 Å². The summed E-state index contributed by atoms with van der Waals surface area (Å²) in [5.74, 6) is 0.418. The van der Waals surface area contributed by atoms with Crippen LogP contribution < -0.4 is 5.73 Å². The molecule has 0 bridgehead atoms. The summed E-state index contributed by atoms with van der Waals surface area (Å²) >= 11 is 0. The van der Waals surface area contributed by atoms with Gasteiger partial charge in [-0.1, -0.05) is 0 Å². The maximum absolute atomic E-state index is 6.10.